The van der Waals surface area contributed by atoms with Crippen molar-refractivity contribution < 1.29 is 9.53 Å². The van der Waals surface area contributed by atoms with Gasteiger partial charge in [-0.1, -0.05) is 0 Å². The van der Waals surface area contributed by atoms with Gasteiger partial charge in [0.2, 0.25) is 0 Å². The fraction of sp³-hybridized carbons (Fsp3) is 0.300. The maximum atomic E-state index is 11.3. The van der Waals surface area contributed by atoms with Gasteiger partial charge in [-0.15, -0.1) is 0 Å². The van der Waals surface area contributed by atoms with Crippen LogP contribution in [-0.4, -0.2) is 12.6 Å². The van der Waals surface area contributed by atoms with Crippen molar-refractivity contribution in [2.24, 2.45) is 0 Å². The SMILES string of the molecule is CCOC(=O)Cc1c(N)ccc(Br)c1Br. The Morgan fingerprint density at radius 2 is 2.13 bits per heavy atom. The molecule has 0 aromatic heterocycles. The molecule has 0 saturated heterocycles. The summed E-state index contributed by atoms with van der Waals surface area (Å²) in [5, 5.41) is 0. The van der Waals surface area contributed by atoms with E-state index in [1.54, 1.807) is 13.0 Å². The van der Waals surface area contributed by atoms with Crippen LogP contribution in [0.4, 0.5) is 5.69 Å². The Kier molecular flexibility index (Phi) is 4.60. The van der Waals surface area contributed by atoms with Crippen molar-refractivity contribution in [1.29, 1.82) is 0 Å². The minimum Gasteiger partial charge on any atom is -0.466 e. The van der Waals surface area contributed by atoms with Gasteiger partial charge in [-0.2, -0.15) is 0 Å². The molecule has 15 heavy (non-hydrogen) atoms. The number of esters is 1. The highest BCUT2D eigenvalue weighted by atomic mass is 79.9. The van der Waals surface area contributed by atoms with E-state index >= 15 is 0 Å². The number of rotatable bonds is 3. The molecule has 0 bridgehead atoms. The third-order valence-corrected chi connectivity index (χ3v) is 3.96. The summed E-state index contributed by atoms with van der Waals surface area (Å²) in [5.74, 6) is -0.275. The smallest absolute Gasteiger partial charge is 0.310 e. The molecule has 0 amide bonds. The van der Waals surface area contributed by atoms with Gasteiger partial charge >= 0.3 is 5.97 Å². The molecular weight excluding hydrogens is 326 g/mol. The number of hydrogen-bond acceptors (Lipinski definition) is 3. The van der Waals surface area contributed by atoms with Gasteiger partial charge in [0.1, 0.15) is 0 Å². The molecule has 0 saturated carbocycles. The first-order valence-electron chi connectivity index (χ1n) is 4.44. The van der Waals surface area contributed by atoms with Crippen LogP contribution in [0.15, 0.2) is 21.1 Å². The van der Waals surface area contributed by atoms with E-state index in [4.69, 9.17) is 10.5 Å². The Balaban J connectivity index is 2.93. The van der Waals surface area contributed by atoms with Gasteiger partial charge in [-0.3, -0.25) is 4.79 Å². The number of carbonyl (C=O) groups is 1. The van der Waals surface area contributed by atoms with E-state index < -0.39 is 0 Å². The molecule has 0 aliphatic heterocycles. The third-order valence-electron chi connectivity index (χ3n) is 1.86. The number of nitrogen functional groups attached to an aromatic ring is 1. The molecule has 3 nitrogen and oxygen atoms in total. The fourth-order valence-electron chi connectivity index (χ4n) is 1.14. The molecule has 0 aliphatic rings. The summed E-state index contributed by atoms with van der Waals surface area (Å²) >= 11 is 6.73. The first kappa shape index (κ1) is 12.5. The van der Waals surface area contributed by atoms with Gasteiger partial charge in [0.15, 0.2) is 0 Å². The van der Waals surface area contributed by atoms with Crippen molar-refractivity contribution in [3.8, 4) is 0 Å². The fourth-order valence-corrected chi connectivity index (χ4v) is 2.02. The summed E-state index contributed by atoms with van der Waals surface area (Å²) in [6.07, 6.45) is 0.180. The Morgan fingerprint density at radius 1 is 1.47 bits per heavy atom. The van der Waals surface area contributed by atoms with E-state index in [9.17, 15) is 4.79 Å². The van der Waals surface area contributed by atoms with Crippen LogP contribution in [0.25, 0.3) is 0 Å². The molecule has 1 aromatic rings. The van der Waals surface area contributed by atoms with Crippen molar-refractivity contribution >= 4 is 43.5 Å². The van der Waals surface area contributed by atoms with E-state index in [0.717, 1.165) is 14.5 Å². The van der Waals surface area contributed by atoms with Crippen molar-refractivity contribution in [3.63, 3.8) is 0 Å². The van der Waals surface area contributed by atoms with Crippen molar-refractivity contribution in [1.82, 2.24) is 0 Å². The van der Waals surface area contributed by atoms with Crippen LogP contribution in [0.2, 0.25) is 0 Å². The van der Waals surface area contributed by atoms with Gasteiger partial charge in [-0.05, 0) is 50.9 Å². The molecule has 0 heterocycles. The normalized spacial score (nSPS) is 10.1. The van der Waals surface area contributed by atoms with E-state index in [1.165, 1.54) is 0 Å². The summed E-state index contributed by atoms with van der Waals surface area (Å²) < 4.78 is 6.54. The second-order valence-corrected chi connectivity index (χ2v) is 4.56. The van der Waals surface area contributed by atoms with Gasteiger partial charge < -0.3 is 10.5 Å². The molecule has 0 fully saturated rings. The average Bonchev–Trinajstić information content (AvgIpc) is 2.19. The number of ether oxygens (including phenoxy) is 1. The van der Waals surface area contributed by atoms with Crippen molar-refractivity contribution in [2.75, 3.05) is 12.3 Å². The molecule has 5 heteroatoms. The van der Waals surface area contributed by atoms with Crippen LogP contribution in [-0.2, 0) is 16.0 Å². The summed E-state index contributed by atoms with van der Waals surface area (Å²) in [4.78, 5) is 11.3. The second kappa shape index (κ2) is 5.51. The van der Waals surface area contributed by atoms with Crippen LogP contribution in [0.1, 0.15) is 12.5 Å². The molecule has 0 unspecified atom stereocenters. The van der Waals surface area contributed by atoms with Gasteiger partial charge in [0, 0.05) is 20.2 Å². The lowest BCUT2D eigenvalue weighted by atomic mass is 10.1. The first-order chi connectivity index (χ1) is 7.06. The maximum absolute atomic E-state index is 11.3. The quantitative estimate of drug-likeness (QED) is 0.682. The molecule has 0 radical (unpaired) electrons. The lowest BCUT2D eigenvalue weighted by Crippen LogP contribution is -2.09. The molecule has 0 aliphatic carbocycles. The zero-order valence-electron chi connectivity index (χ0n) is 8.22. The third kappa shape index (κ3) is 3.21. The molecular formula is C10H11Br2NO2. The minimum absolute atomic E-state index is 0.180. The lowest BCUT2D eigenvalue weighted by molar-refractivity contribution is -0.142. The number of anilines is 1. The van der Waals surface area contributed by atoms with E-state index in [1.807, 2.05) is 6.07 Å². The Bertz CT molecular complexity index is 380. The minimum atomic E-state index is -0.275. The molecule has 0 spiro atoms. The van der Waals surface area contributed by atoms with Crippen LogP contribution >= 0.6 is 31.9 Å². The monoisotopic (exact) mass is 335 g/mol. The molecule has 1 rings (SSSR count). The first-order valence-corrected chi connectivity index (χ1v) is 6.02. The lowest BCUT2D eigenvalue weighted by Gasteiger charge is -2.09. The number of carbonyl (C=O) groups excluding carboxylic acids is 1. The van der Waals surface area contributed by atoms with Gasteiger partial charge in [0.25, 0.3) is 0 Å². The Hall–Kier alpha value is -0.550. The second-order valence-electron chi connectivity index (χ2n) is 2.91. The Labute approximate surface area is 105 Å². The largest absolute Gasteiger partial charge is 0.466 e. The van der Waals surface area contributed by atoms with Crippen molar-refractivity contribution in [2.45, 2.75) is 13.3 Å². The number of hydrogen-bond donors (Lipinski definition) is 1. The van der Waals surface area contributed by atoms with Gasteiger partial charge in [-0.25, -0.2) is 0 Å². The van der Waals surface area contributed by atoms with E-state index in [0.29, 0.717) is 12.3 Å². The van der Waals surface area contributed by atoms with Crippen LogP contribution < -0.4 is 5.73 Å². The Morgan fingerprint density at radius 3 is 2.73 bits per heavy atom. The molecule has 0 atom stereocenters. The highest BCUT2D eigenvalue weighted by molar-refractivity contribution is 9.13. The topological polar surface area (TPSA) is 52.3 Å². The van der Waals surface area contributed by atoms with E-state index in [-0.39, 0.29) is 12.4 Å². The standard InChI is InChI=1S/C10H11Br2NO2/c1-2-15-9(14)5-6-8(13)4-3-7(11)10(6)12/h3-4H,2,5,13H2,1H3. The number of nitrogens with two attached hydrogens (primary N) is 1. The number of halogens is 2. The number of benzene rings is 1. The van der Waals surface area contributed by atoms with Crippen LogP contribution in [0, 0.1) is 0 Å². The van der Waals surface area contributed by atoms with Crippen molar-refractivity contribution in [3.05, 3.63) is 26.6 Å². The molecule has 82 valence electrons. The molecule has 1 aromatic carbocycles. The summed E-state index contributed by atoms with van der Waals surface area (Å²) in [6.45, 7) is 2.15. The van der Waals surface area contributed by atoms with Crippen LogP contribution in [0.5, 0.6) is 0 Å². The highest BCUT2D eigenvalue weighted by Gasteiger charge is 2.12. The predicted octanol–water partition coefficient (Wildman–Crippen LogP) is 2.90. The predicted molar refractivity (Wildman–Crippen MR) is 66.6 cm³/mol. The average molecular weight is 337 g/mol. The summed E-state index contributed by atoms with van der Waals surface area (Å²) in [7, 11) is 0. The van der Waals surface area contributed by atoms with E-state index in [2.05, 4.69) is 31.9 Å². The zero-order chi connectivity index (χ0) is 11.4. The maximum Gasteiger partial charge on any atom is 0.310 e. The summed E-state index contributed by atoms with van der Waals surface area (Å²) in [5.41, 5.74) is 7.11. The highest BCUT2D eigenvalue weighted by Crippen LogP contribution is 2.31. The zero-order valence-corrected chi connectivity index (χ0v) is 11.4. The van der Waals surface area contributed by atoms with Crippen LogP contribution in [0.3, 0.4) is 0 Å². The summed E-state index contributed by atoms with van der Waals surface area (Å²) in [6, 6.07) is 3.58. The van der Waals surface area contributed by atoms with Gasteiger partial charge in [0.05, 0.1) is 13.0 Å². The molecule has 2 N–H and O–H groups in total.